The Bertz CT molecular complexity index is 393. The molecule has 2 aliphatic rings. The standard InChI is InChI=1S/C15H22N2O/c18-15-4-2-1-3-14(15)12-6-9-17(10-7-12)13-5-8-16-11-13/h1-4,12-13,16,18H,5-11H2. The summed E-state index contributed by atoms with van der Waals surface area (Å²) >= 11 is 0. The second-order valence-electron chi connectivity index (χ2n) is 5.52. The second kappa shape index (κ2) is 5.29. The van der Waals surface area contributed by atoms with Crippen LogP contribution in [-0.4, -0.2) is 42.2 Å². The molecule has 1 unspecified atom stereocenters. The van der Waals surface area contributed by atoms with Crippen molar-refractivity contribution in [1.82, 2.24) is 10.2 Å². The highest BCUT2D eigenvalue weighted by Crippen LogP contribution is 2.34. The lowest BCUT2D eigenvalue weighted by Crippen LogP contribution is -2.42. The lowest BCUT2D eigenvalue weighted by molar-refractivity contribution is 0.161. The largest absolute Gasteiger partial charge is 0.508 e. The monoisotopic (exact) mass is 246 g/mol. The molecule has 2 aliphatic heterocycles. The molecule has 2 saturated heterocycles. The van der Waals surface area contributed by atoms with Gasteiger partial charge in [0.1, 0.15) is 5.75 Å². The zero-order valence-corrected chi connectivity index (χ0v) is 10.8. The Labute approximate surface area is 109 Å². The molecule has 0 saturated carbocycles. The highest BCUT2D eigenvalue weighted by Gasteiger charge is 2.28. The molecule has 1 atom stereocenters. The number of phenolic OH excluding ortho intramolecular Hbond substituents is 1. The molecule has 0 aromatic heterocycles. The third-order valence-corrected chi connectivity index (χ3v) is 4.46. The van der Waals surface area contributed by atoms with Crippen molar-refractivity contribution in [3.63, 3.8) is 0 Å². The Morgan fingerprint density at radius 2 is 1.89 bits per heavy atom. The Hall–Kier alpha value is -1.06. The van der Waals surface area contributed by atoms with E-state index in [1.807, 2.05) is 18.2 Å². The van der Waals surface area contributed by atoms with E-state index in [0.29, 0.717) is 11.7 Å². The first kappa shape index (κ1) is 12.0. The van der Waals surface area contributed by atoms with Gasteiger partial charge in [-0.05, 0) is 56.4 Å². The van der Waals surface area contributed by atoms with Gasteiger partial charge in [0, 0.05) is 12.6 Å². The maximum atomic E-state index is 9.92. The minimum atomic E-state index is 0.471. The lowest BCUT2D eigenvalue weighted by atomic mass is 9.88. The number of hydrogen-bond acceptors (Lipinski definition) is 3. The summed E-state index contributed by atoms with van der Waals surface area (Å²) in [6.07, 6.45) is 3.64. The average molecular weight is 246 g/mol. The number of nitrogens with one attached hydrogen (secondary N) is 1. The van der Waals surface area contributed by atoms with Crippen molar-refractivity contribution in [3.05, 3.63) is 29.8 Å². The van der Waals surface area contributed by atoms with Gasteiger partial charge in [-0.2, -0.15) is 0 Å². The first-order valence-electron chi connectivity index (χ1n) is 7.07. The van der Waals surface area contributed by atoms with Crippen molar-refractivity contribution in [2.45, 2.75) is 31.2 Å². The molecule has 18 heavy (non-hydrogen) atoms. The summed E-state index contributed by atoms with van der Waals surface area (Å²) in [6.45, 7) is 4.67. The molecule has 3 nitrogen and oxygen atoms in total. The molecule has 3 heteroatoms. The predicted octanol–water partition coefficient (Wildman–Crippen LogP) is 1.93. The maximum Gasteiger partial charge on any atom is 0.119 e. The van der Waals surface area contributed by atoms with Crippen LogP contribution in [-0.2, 0) is 0 Å². The number of nitrogens with zero attached hydrogens (tertiary/aromatic N) is 1. The third-order valence-electron chi connectivity index (χ3n) is 4.46. The van der Waals surface area contributed by atoms with Crippen LogP contribution in [0.25, 0.3) is 0 Å². The summed E-state index contributed by atoms with van der Waals surface area (Å²) in [6, 6.07) is 8.56. The summed E-state index contributed by atoms with van der Waals surface area (Å²) in [5, 5.41) is 13.4. The number of rotatable bonds is 2. The van der Waals surface area contributed by atoms with E-state index in [0.717, 1.165) is 18.2 Å². The Kier molecular flexibility index (Phi) is 3.52. The molecule has 1 aromatic rings. The molecule has 0 spiro atoms. The van der Waals surface area contributed by atoms with E-state index in [4.69, 9.17) is 0 Å². The number of phenols is 1. The van der Waals surface area contributed by atoms with E-state index in [9.17, 15) is 5.11 Å². The zero-order valence-electron chi connectivity index (χ0n) is 10.8. The smallest absolute Gasteiger partial charge is 0.119 e. The van der Waals surface area contributed by atoms with Crippen molar-refractivity contribution in [1.29, 1.82) is 0 Å². The number of aromatic hydroxyl groups is 1. The van der Waals surface area contributed by atoms with E-state index in [2.05, 4.69) is 16.3 Å². The highest BCUT2D eigenvalue weighted by molar-refractivity contribution is 5.35. The molecule has 0 amide bonds. The van der Waals surface area contributed by atoms with Crippen LogP contribution in [0, 0.1) is 0 Å². The fraction of sp³-hybridized carbons (Fsp3) is 0.600. The predicted molar refractivity (Wildman–Crippen MR) is 72.9 cm³/mol. The van der Waals surface area contributed by atoms with Crippen LogP contribution in [0.4, 0.5) is 0 Å². The SMILES string of the molecule is Oc1ccccc1C1CCN(C2CCNC2)CC1. The van der Waals surface area contributed by atoms with Crippen molar-refractivity contribution in [2.24, 2.45) is 0 Å². The first-order chi connectivity index (χ1) is 8.84. The quantitative estimate of drug-likeness (QED) is 0.837. The van der Waals surface area contributed by atoms with Crippen molar-refractivity contribution >= 4 is 0 Å². The number of likely N-dealkylation sites (tertiary alicyclic amines) is 1. The molecule has 0 aliphatic carbocycles. The Morgan fingerprint density at radius 3 is 2.56 bits per heavy atom. The number of para-hydroxylation sites is 1. The second-order valence-corrected chi connectivity index (χ2v) is 5.52. The summed E-state index contributed by atoms with van der Waals surface area (Å²) in [4.78, 5) is 2.62. The van der Waals surface area contributed by atoms with Crippen molar-refractivity contribution < 1.29 is 5.11 Å². The molecule has 1 aromatic carbocycles. The van der Waals surface area contributed by atoms with Crippen LogP contribution in [0.5, 0.6) is 5.75 Å². The van der Waals surface area contributed by atoms with Crippen LogP contribution in [0.15, 0.2) is 24.3 Å². The first-order valence-corrected chi connectivity index (χ1v) is 7.07. The van der Waals surface area contributed by atoms with Gasteiger partial charge < -0.3 is 10.4 Å². The van der Waals surface area contributed by atoms with Gasteiger partial charge in [-0.25, -0.2) is 0 Å². The molecule has 3 rings (SSSR count). The summed E-state index contributed by atoms with van der Waals surface area (Å²) in [5.41, 5.74) is 1.14. The fourth-order valence-corrected chi connectivity index (χ4v) is 3.36. The van der Waals surface area contributed by atoms with Gasteiger partial charge >= 0.3 is 0 Å². The van der Waals surface area contributed by atoms with Gasteiger partial charge in [-0.15, -0.1) is 0 Å². The molecule has 0 radical (unpaired) electrons. The Morgan fingerprint density at radius 1 is 1.11 bits per heavy atom. The van der Waals surface area contributed by atoms with Gasteiger partial charge in [0.15, 0.2) is 0 Å². The molecule has 0 bridgehead atoms. The molecular formula is C15H22N2O. The molecule has 2 heterocycles. The van der Waals surface area contributed by atoms with Crippen LogP contribution >= 0.6 is 0 Å². The van der Waals surface area contributed by atoms with Gasteiger partial charge in [0.2, 0.25) is 0 Å². The molecule has 2 fully saturated rings. The molecular weight excluding hydrogens is 224 g/mol. The molecule has 2 N–H and O–H groups in total. The van der Waals surface area contributed by atoms with Gasteiger partial charge in [0.05, 0.1) is 0 Å². The molecule has 98 valence electrons. The van der Waals surface area contributed by atoms with Crippen LogP contribution in [0.2, 0.25) is 0 Å². The van der Waals surface area contributed by atoms with E-state index in [1.165, 1.54) is 38.9 Å². The van der Waals surface area contributed by atoms with Gasteiger partial charge in [-0.1, -0.05) is 18.2 Å². The van der Waals surface area contributed by atoms with Crippen LogP contribution < -0.4 is 5.32 Å². The lowest BCUT2D eigenvalue weighted by Gasteiger charge is -2.36. The van der Waals surface area contributed by atoms with Crippen LogP contribution in [0.1, 0.15) is 30.7 Å². The van der Waals surface area contributed by atoms with Gasteiger partial charge in [-0.3, -0.25) is 4.90 Å². The van der Waals surface area contributed by atoms with Gasteiger partial charge in [0.25, 0.3) is 0 Å². The number of piperidine rings is 1. The number of benzene rings is 1. The maximum absolute atomic E-state index is 9.92. The zero-order chi connectivity index (χ0) is 12.4. The van der Waals surface area contributed by atoms with E-state index < -0.39 is 0 Å². The normalized spacial score (nSPS) is 26.6. The summed E-state index contributed by atoms with van der Waals surface area (Å²) in [7, 11) is 0. The average Bonchev–Trinajstić information content (AvgIpc) is 2.94. The van der Waals surface area contributed by atoms with Crippen LogP contribution in [0.3, 0.4) is 0 Å². The highest BCUT2D eigenvalue weighted by atomic mass is 16.3. The Balaban J connectivity index is 1.61. The third kappa shape index (κ3) is 2.38. The van der Waals surface area contributed by atoms with Crippen molar-refractivity contribution in [3.8, 4) is 5.75 Å². The number of hydrogen-bond donors (Lipinski definition) is 2. The van der Waals surface area contributed by atoms with E-state index in [-0.39, 0.29) is 0 Å². The topological polar surface area (TPSA) is 35.5 Å². The van der Waals surface area contributed by atoms with E-state index >= 15 is 0 Å². The minimum Gasteiger partial charge on any atom is -0.508 e. The summed E-state index contributed by atoms with van der Waals surface area (Å²) < 4.78 is 0. The summed E-state index contributed by atoms with van der Waals surface area (Å²) in [5.74, 6) is 1.01. The van der Waals surface area contributed by atoms with Crippen molar-refractivity contribution in [2.75, 3.05) is 26.2 Å². The van der Waals surface area contributed by atoms with E-state index in [1.54, 1.807) is 0 Å². The fourth-order valence-electron chi connectivity index (χ4n) is 3.36. The minimum absolute atomic E-state index is 0.471.